The number of nitrogens with one attached hydrogen (secondary N) is 2. The molecule has 0 radical (unpaired) electrons. The van der Waals surface area contributed by atoms with Crippen molar-refractivity contribution in [1.29, 1.82) is 0 Å². The Bertz CT molecular complexity index is 1340. The predicted molar refractivity (Wildman–Crippen MR) is 117 cm³/mol. The molecule has 4 rings (SSSR count). The predicted octanol–water partition coefficient (Wildman–Crippen LogP) is 3.52. The highest BCUT2D eigenvalue weighted by molar-refractivity contribution is 7.92. The first-order chi connectivity index (χ1) is 15.4. The number of anilines is 2. The van der Waals surface area contributed by atoms with Crippen molar-refractivity contribution in [2.45, 2.75) is 11.4 Å². The minimum absolute atomic E-state index is 0.0906. The number of aromatic nitrogens is 3. The van der Waals surface area contributed by atoms with Crippen molar-refractivity contribution >= 4 is 27.3 Å². The first-order valence-corrected chi connectivity index (χ1v) is 11.0. The molecule has 1 aromatic heterocycles. The maximum atomic E-state index is 13.8. The largest absolute Gasteiger partial charge is 0.322 e. The lowest BCUT2D eigenvalue weighted by Crippen LogP contribution is -2.15. The summed E-state index contributed by atoms with van der Waals surface area (Å²) in [7, 11) is -4.00. The zero-order valence-electron chi connectivity index (χ0n) is 16.6. The van der Waals surface area contributed by atoms with Crippen LogP contribution in [0.1, 0.15) is 15.9 Å². The van der Waals surface area contributed by atoms with E-state index < -0.39 is 21.7 Å². The lowest BCUT2D eigenvalue weighted by Gasteiger charge is -2.10. The van der Waals surface area contributed by atoms with Gasteiger partial charge in [0.15, 0.2) is 0 Å². The fourth-order valence-corrected chi connectivity index (χ4v) is 4.05. The van der Waals surface area contributed by atoms with Crippen molar-refractivity contribution in [3.8, 4) is 0 Å². The van der Waals surface area contributed by atoms with Crippen LogP contribution in [0, 0.1) is 5.82 Å². The molecule has 8 nitrogen and oxygen atoms in total. The van der Waals surface area contributed by atoms with Crippen molar-refractivity contribution in [2.24, 2.45) is 0 Å². The monoisotopic (exact) mass is 451 g/mol. The fourth-order valence-electron chi connectivity index (χ4n) is 2.99. The molecule has 162 valence electrons. The number of hydrogen-bond acceptors (Lipinski definition) is 5. The van der Waals surface area contributed by atoms with Gasteiger partial charge in [-0.05, 0) is 54.1 Å². The molecule has 0 saturated carbocycles. The minimum Gasteiger partial charge on any atom is -0.322 e. The summed E-state index contributed by atoms with van der Waals surface area (Å²) in [5.41, 5.74) is 1.64. The van der Waals surface area contributed by atoms with Crippen molar-refractivity contribution in [3.05, 3.63) is 102 Å². The Hall–Kier alpha value is -4.05. The third kappa shape index (κ3) is 4.98. The normalized spacial score (nSPS) is 11.2. The van der Waals surface area contributed by atoms with Gasteiger partial charge in [0.25, 0.3) is 15.9 Å². The van der Waals surface area contributed by atoms with Crippen LogP contribution in [0.3, 0.4) is 0 Å². The molecule has 0 aliphatic carbocycles. The van der Waals surface area contributed by atoms with Gasteiger partial charge in [-0.3, -0.25) is 9.52 Å². The van der Waals surface area contributed by atoms with Crippen LogP contribution in [0.2, 0.25) is 0 Å². The summed E-state index contributed by atoms with van der Waals surface area (Å²) in [6.07, 6.45) is 3.04. The van der Waals surface area contributed by atoms with Gasteiger partial charge in [0.2, 0.25) is 0 Å². The lowest BCUT2D eigenvalue weighted by atomic mass is 10.1. The van der Waals surface area contributed by atoms with Crippen LogP contribution in [0.25, 0.3) is 0 Å². The number of para-hydroxylation sites is 1. The molecule has 4 aromatic rings. The Morgan fingerprint density at radius 1 is 1.00 bits per heavy atom. The van der Waals surface area contributed by atoms with E-state index in [2.05, 4.69) is 20.1 Å². The van der Waals surface area contributed by atoms with E-state index in [0.717, 1.165) is 11.6 Å². The molecule has 10 heteroatoms. The summed E-state index contributed by atoms with van der Waals surface area (Å²) in [6.45, 7) is 0.505. The lowest BCUT2D eigenvalue weighted by molar-refractivity contribution is 0.102. The van der Waals surface area contributed by atoms with E-state index in [1.807, 2.05) is 18.2 Å². The van der Waals surface area contributed by atoms with E-state index >= 15 is 0 Å². The Morgan fingerprint density at radius 2 is 1.78 bits per heavy atom. The second kappa shape index (κ2) is 8.98. The maximum absolute atomic E-state index is 13.8. The first kappa shape index (κ1) is 21.2. The van der Waals surface area contributed by atoms with Gasteiger partial charge >= 0.3 is 0 Å². The standard InChI is InChI=1S/C22H18FN5O3S/c23-20-6-1-2-7-21(20)27-32(30,31)19-10-8-17(9-11-19)22(29)26-18-5-3-4-16(12-18)13-28-15-24-14-25-28/h1-12,14-15,27H,13H2,(H,26,29). The van der Waals surface area contributed by atoms with Gasteiger partial charge in [-0.15, -0.1) is 0 Å². The van der Waals surface area contributed by atoms with Crippen LogP contribution in [0.5, 0.6) is 0 Å². The number of carbonyl (C=O) groups is 1. The smallest absolute Gasteiger partial charge is 0.261 e. The van der Waals surface area contributed by atoms with Crippen molar-refractivity contribution in [3.63, 3.8) is 0 Å². The summed E-state index contributed by atoms with van der Waals surface area (Å²) in [5, 5.41) is 6.84. The van der Waals surface area contributed by atoms with Crippen LogP contribution in [-0.2, 0) is 16.6 Å². The molecule has 2 N–H and O–H groups in total. The van der Waals surface area contributed by atoms with Crippen LogP contribution in [0.4, 0.5) is 15.8 Å². The van der Waals surface area contributed by atoms with E-state index in [1.165, 1.54) is 48.8 Å². The third-order valence-corrected chi connectivity index (χ3v) is 5.92. The summed E-state index contributed by atoms with van der Waals surface area (Å²) >= 11 is 0. The number of sulfonamides is 1. The number of halogens is 1. The van der Waals surface area contributed by atoms with Gasteiger partial charge in [0.1, 0.15) is 18.5 Å². The first-order valence-electron chi connectivity index (χ1n) is 9.51. The van der Waals surface area contributed by atoms with Crippen molar-refractivity contribution in [1.82, 2.24) is 14.8 Å². The van der Waals surface area contributed by atoms with Crippen molar-refractivity contribution < 1.29 is 17.6 Å². The van der Waals surface area contributed by atoms with Gasteiger partial charge in [0.05, 0.1) is 17.1 Å². The van der Waals surface area contributed by atoms with Crippen LogP contribution >= 0.6 is 0 Å². The average molecular weight is 451 g/mol. The molecule has 0 fully saturated rings. The van der Waals surface area contributed by atoms with Crippen molar-refractivity contribution in [2.75, 3.05) is 10.0 Å². The number of hydrogen-bond donors (Lipinski definition) is 2. The number of rotatable bonds is 7. The van der Waals surface area contributed by atoms with E-state index in [4.69, 9.17) is 0 Å². The van der Waals surface area contributed by atoms with E-state index in [1.54, 1.807) is 17.1 Å². The summed E-state index contributed by atoms with van der Waals surface area (Å²) < 4.78 is 42.6. The highest BCUT2D eigenvalue weighted by Crippen LogP contribution is 2.20. The number of benzene rings is 3. The van der Waals surface area contributed by atoms with Crippen LogP contribution in [0.15, 0.2) is 90.3 Å². The Kier molecular flexibility index (Phi) is 5.95. The molecule has 0 bridgehead atoms. The maximum Gasteiger partial charge on any atom is 0.261 e. The minimum atomic E-state index is -4.00. The molecule has 0 spiro atoms. The van der Waals surface area contributed by atoms with E-state index in [9.17, 15) is 17.6 Å². The zero-order valence-corrected chi connectivity index (χ0v) is 17.5. The van der Waals surface area contributed by atoms with E-state index in [0.29, 0.717) is 12.2 Å². The van der Waals surface area contributed by atoms with Gasteiger partial charge in [-0.2, -0.15) is 5.10 Å². The highest BCUT2D eigenvalue weighted by atomic mass is 32.2. The molecule has 3 aromatic carbocycles. The number of carbonyl (C=O) groups excluding carboxylic acids is 1. The molecule has 0 saturated heterocycles. The molecule has 0 aliphatic heterocycles. The van der Waals surface area contributed by atoms with Gasteiger partial charge in [-0.1, -0.05) is 24.3 Å². The number of nitrogens with zero attached hydrogens (tertiary/aromatic N) is 3. The summed E-state index contributed by atoms with van der Waals surface area (Å²) in [5.74, 6) is -1.08. The van der Waals surface area contributed by atoms with E-state index in [-0.39, 0.29) is 16.1 Å². The molecule has 1 heterocycles. The second-order valence-electron chi connectivity index (χ2n) is 6.86. The molecular formula is C22H18FN5O3S. The second-order valence-corrected chi connectivity index (χ2v) is 8.54. The summed E-state index contributed by atoms with van der Waals surface area (Å²) in [4.78, 5) is 16.4. The zero-order chi connectivity index (χ0) is 22.6. The fraction of sp³-hybridized carbons (Fsp3) is 0.0455. The molecule has 32 heavy (non-hydrogen) atoms. The molecular weight excluding hydrogens is 433 g/mol. The molecule has 0 aliphatic rings. The number of amides is 1. The van der Waals surface area contributed by atoms with Crippen LogP contribution in [-0.4, -0.2) is 29.1 Å². The quantitative estimate of drug-likeness (QED) is 0.447. The average Bonchev–Trinajstić information content (AvgIpc) is 3.29. The van der Waals surface area contributed by atoms with Gasteiger partial charge in [-0.25, -0.2) is 22.5 Å². The molecule has 0 unspecified atom stereocenters. The van der Waals surface area contributed by atoms with Gasteiger partial charge < -0.3 is 5.32 Å². The third-order valence-electron chi connectivity index (χ3n) is 4.54. The van der Waals surface area contributed by atoms with Gasteiger partial charge in [0, 0.05) is 11.3 Å². The Morgan fingerprint density at radius 3 is 2.50 bits per heavy atom. The highest BCUT2D eigenvalue weighted by Gasteiger charge is 2.17. The molecule has 0 atom stereocenters. The topological polar surface area (TPSA) is 106 Å². The van der Waals surface area contributed by atoms with Crippen LogP contribution < -0.4 is 10.0 Å². The SMILES string of the molecule is O=C(Nc1cccc(Cn2cncn2)c1)c1ccc(S(=O)(=O)Nc2ccccc2F)cc1. The Balaban J connectivity index is 1.45. The molecule has 1 amide bonds. The summed E-state index contributed by atoms with van der Waals surface area (Å²) in [6, 6.07) is 18.1. The Labute approximate surface area is 183 Å².